The van der Waals surface area contributed by atoms with Gasteiger partial charge in [-0.25, -0.2) is 19.9 Å². The van der Waals surface area contributed by atoms with Crippen LogP contribution in [0.15, 0.2) is 49.1 Å². The van der Waals surface area contributed by atoms with Crippen molar-refractivity contribution in [1.82, 2.24) is 29.1 Å². The summed E-state index contributed by atoms with van der Waals surface area (Å²) in [6.45, 7) is 3.63. The highest BCUT2D eigenvalue weighted by Crippen LogP contribution is 2.27. The van der Waals surface area contributed by atoms with Crippen LogP contribution in [0, 0.1) is 0 Å². The smallest absolute Gasteiger partial charge is 0.224 e. The highest BCUT2D eigenvalue weighted by atomic mass is 16.5. The molecule has 0 aliphatic carbocycles. The molecule has 0 amide bonds. The molecule has 4 rings (SSSR count). The normalized spacial score (nSPS) is 11.2. The molecular weight excluding hydrogens is 328 g/mol. The maximum atomic E-state index is 5.39. The van der Waals surface area contributed by atoms with E-state index < -0.39 is 0 Å². The highest BCUT2D eigenvalue weighted by molar-refractivity contribution is 5.71. The summed E-state index contributed by atoms with van der Waals surface area (Å²) < 4.78 is 9.63. The number of nitrogens with zero attached hydrogens (tertiary/aromatic N) is 6. The Kier molecular flexibility index (Phi) is 4.35. The fourth-order valence-corrected chi connectivity index (χ4v) is 3.14. The zero-order valence-corrected chi connectivity index (χ0v) is 14.8. The van der Waals surface area contributed by atoms with E-state index in [0.717, 1.165) is 41.3 Å². The molecule has 4 heterocycles. The third-order valence-corrected chi connectivity index (χ3v) is 4.26. The van der Waals surface area contributed by atoms with Gasteiger partial charge in [0.2, 0.25) is 5.88 Å². The Hall–Kier alpha value is -3.22. The Morgan fingerprint density at radius 3 is 2.73 bits per heavy atom. The van der Waals surface area contributed by atoms with Crippen LogP contribution in [-0.2, 0) is 13.1 Å². The number of pyridine rings is 2. The standard InChI is InChI=1S/C19H20N6O/c1-3-11-25-16(23-15-7-5-8-20-18(15)25)13-24-12-10-21-17(24)14-6-4-9-22-19(14)26-2/h4-10,12H,3,11,13H2,1-2H3. The summed E-state index contributed by atoms with van der Waals surface area (Å²) in [5.41, 5.74) is 2.69. The zero-order chi connectivity index (χ0) is 17.9. The van der Waals surface area contributed by atoms with Gasteiger partial charge in [-0.2, -0.15) is 0 Å². The van der Waals surface area contributed by atoms with E-state index in [-0.39, 0.29) is 0 Å². The lowest BCUT2D eigenvalue weighted by atomic mass is 10.2. The summed E-state index contributed by atoms with van der Waals surface area (Å²) in [6, 6.07) is 7.75. The van der Waals surface area contributed by atoms with Crippen molar-refractivity contribution in [3.05, 3.63) is 54.9 Å². The summed E-state index contributed by atoms with van der Waals surface area (Å²) in [5, 5.41) is 0. The second kappa shape index (κ2) is 6.95. The largest absolute Gasteiger partial charge is 0.480 e. The Morgan fingerprint density at radius 2 is 1.88 bits per heavy atom. The molecule has 0 bridgehead atoms. The first-order valence-electron chi connectivity index (χ1n) is 8.62. The van der Waals surface area contributed by atoms with Gasteiger partial charge >= 0.3 is 0 Å². The molecular formula is C19H20N6O. The Labute approximate surface area is 151 Å². The fraction of sp³-hybridized carbons (Fsp3) is 0.263. The van der Waals surface area contributed by atoms with Crippen LogP contribution < -0.4 is 4.74 Å². The number of hydrogen-bond acceptors (Lipinski definition) is 5. The monoisotopic (exact) mass is 348 g/mol. The van der Waals surface area contributed by atoms with Crippen LogP contribution in [0.4, 0.5) is 0 Å². The molecule has 0 radical (unpaired) electrons. The average molecular weight is 348 g/mol. The van der Waals surface area contributed by atoms with Crippen LogP contribution in [0.1, 0.15) is 19.2 Å². The average Bonchev–Trinajstić information content (AvgIpc) is 3.27. The molecule has 26 heavy (non-hydrogen) atoms. The van der Waals surface area contributed by atoms with Crippen molar-refractivity contribution in [3.8, 4) is 17.3 Å². The van der Waals surface area contributed by atoms with Crippen LogP contribution in [-0.4, -0.2) is 36.2 Å². The minimum absolute atomic E-state index is 0.559. The van der Waals surface area contributed by atoms with Crippen LogP contribution in [0.5, 0.6) is 5.88 Å². The zero-order valence-electron chi connectivity index (χ0n) is 14.8. The molecule has 0 aromatic carbocycles. The molecule has 4 aromatic rings. The van der Waals surface area contributed by atoms with E-state index in [4.69, 9.17) is 9.72 Å². The first-order valence-corrected chi connectivity index (χ1v) is 8.62. The van der Waals surface area contributed by atoms with E-state index in [0.29, 0.717) is 12.4 Å². The van der Waals surface area contributed by atoms with E-state index in [1.54, 1.807) is 19.5 Å². The summed E-state index contributed by atoms with van der Waals surface area (Å²) in [6.07, 6.45) is 8.27. The molecule has 0 aliphatic rings. The van der Waals surface area contributed by atoms with Gasteiger partial charge in [0.25, 0.3) is 0 Å². The van der Waals surface area contributed by atoms with Gasteiger partial charge in [-0.1, -0.05) is 6.92 Å². The first-order chi connectivity index (χ1) is 12.8. The number of aromatic nitrogens is 6. The maximum absolute atomic E-state index is 5.39. The molecule has 0 fully saturated rings. The van der Waals surface area contributed by atoms with Crippen molar-refractivity contribution in [2.24, 2.45) is 0 Å². The van der Waals surface area contributed by atoms with Gasteiger partial charge in [-0.3, -0.25) is 0 Å². The third-order valence-electron chi connectivity index (χ3n) is 4.26. The molecule has 0 saturated carbocycles. The predicted octanol–water partition coefficient (Wildman–Crippen LogP) is 3.16. The van der Waals surface area contributed by atoms with Crippen molar-refractivity contribution >= 4 is 11.2 Å². The fourth-order valence-electron chi connectivity index (χ4n) is 3.14. The maximum Gasteiger partial charge on any atom is 0.224 e. The van der Waals surface area contributed by atoms with Gasteiger partial charge < -0.3 is 13.9 Å². The topological polar surface area (TPSA) is 70.7 Å². The molecule has 0 aliphatic heterocycles. The number of rotatable bonds is 6. The lowest BCUT2D eigenvalue weighted by molar-refractivity contribution is 0.399. The molecule has 0 N–H and O–H groups in total. The molecule has 7 nitrogen and oxygen atoms in total. The molecule has 7 heteroatoms. The first kappa shape index (κ1) is 16.3. The Balaban J connectivity index is 1.77. The molecule has 0 saturated heterocycles. The second-order valence-corrected chi connectivity index (χ2v) is 5.96. The Bertz CT molecular complexity index is 1040. The summed E-state index contributed by atoms with van der Waals surface area (Å²) in [7, 11) is 1.62. The van der Waals surface area contributed by atoms with Crippen LogP contribution in [0.25, 0.3) is 22.6 Å². The lowest BCUT2D eigenvalue weighted by Gasteiger charge is -2.11. The minimum Gasteiger partial charge on any atom is -0.480 e. The van der Waals surface area contributed by atoms with Crippen LogP contribution in [0.3, 0.4) is 0 Å². The van der Waals surface area contributed by atoms with E-state index in [9.17, 15) is 0 Å². The number of aryl methyl sites for hydroxylation is 1. The van der Waals surface area contributed by atoms with Gasteiger partial charge in [-0.15, -0.1) is 0 Å². The molecule has 132 valence electrons. The van der Waals surface area contributed by atoms with Crippen molar-refractivity contribution in [3.63, 3.8) is 0 Å². The quantitative estimate of drug-likeness (QED) is 0.535. The summed E-state index contributed by atoms with van der Waals surface area (Å²) in [5.74, 6) is 2.32. The number of imidazole rings is 2. The van der Waals surface area contributed by atoms with Gasteiger partial charge in [-0.05, 0) is 30.7 Å². The molecule has 0 atom stereocenters. The summed E-state index contributed by atoms with van der Waals surface area (Å²) >= 11 is 0. The summed E-state index contributed by atoms with van der Waals surface area (Å²) in [4.78, 5) is 18.1. The number of fused-ring (bicyclic) bond motifs is 1. The molecule has 0 spiro atoms. The predicted molar refractivity (Wildman–Crippen MR) is 98.9 cm³/mol. The van der Waals surface area contributed by atoms with Crippen LogP contribution >= 0.6 is 0 Å². The van der Waals surface area contributed by atoms with Gasteiger partial charge in [0.05, 0.1) is 19.2 Å². The SMILES string of the molecule is CCCn1c(Cn2ccnc2-c2cccnc2OC)nc2cccnc21. The Morgan fingerprint density at radius 1 is 1.04 bits per heavy atom. The van der Waals surface area contributed by atoms with E-state index in [2.05, 4.69) is 31.0 Å². The second-order valence-electron chi connectivity index (χ2n) is 5.96. The van der Waals surface area contributed by atoms with Crippen molar-refractivity contribution < 1.29 is 4.74 Å². The van der Waals surface area contributed by atoms with Crippen molar-refractivity contribution in [2.45, 2.75) is 26.4 Å². The minimum atomic E-state index is 0.559. The van der Waals surface area contributed by atoms with E-state index >= 15 is 0 Å². The highest BCUT2D eigenvalue weighted by Gasteiger charge is 2.16. The number of methoxy groups -OCH3 is 1. The number of hydrogen-bond donors (Lipinski definition) is 0. The van der Waals surface area contributed by atoms with Crippen molar-refractivity contribution in [2.75, 3.05) is 7.11 Å². The van der Waals surface area contributed by atoms with Crippen molar-refractivity contribution in [1.29, 1.82) is 0 Å². The van der Waals surface area contributed by atoms with Gasteiger partial charge in [0.15, 0.2) is 5.65 Å². The van der Waals surface area contributed by atoms with E-state index in [1.165, 1.54) is 0 Å². The van der Waals surface area contributed by atoms with E-state index in [1.807, 2.05) is 36.7 Å². The van der Waals surface area contributed by atoms with Gasteiger partial charge in [0.1, 0.15) is 17.2 Å². The molecule has 4 aromatic heterocycles. The number of ether oxygens (including phenoxy) is 1. The van der Waals surface area contributed by atoms with Crippen LogP contribution in [0.2, 0.25) is 0 Å². The third kappa shape index (κ3) is 2.81. The lowest BCUT2D eigenvalue weighted by Crippen LogP contribution is -2.10. The molecule has 0 unspecified atom stereocenters. The van der Waals surface area contributed by atoms with Gasteiger partial charge in [0, 0.05) is 31.3 Å².